The number of rotatable bonds is 4. The highest BCUT2D eigenvalue weighted by Gasteiger charge is 2.31. The monoisotopic (exact) mass is 359 g/mol. The molecule has 3 aromatic rings. The normalized spacial score (nSPS) is 16.9. The lowest BCUT2D eigenvalue weighted by Gasteiger charge is -2.30. The van der Waals surface area contributed by atoms with Gasteiger partial charge in [0.2, 0.25) is 0 Å². The highest BCUT2D eigenvalue weighted by Crippen LogP contribution is 2.39. The molecule has 7 heteroatoms. The number of ether oxygens (including phenoxy) is 1. The number of hydrogen-bond donors (Lipinski definition) is 0. The summed E-state index contributed by atoms with van der Waals surface area (Å²) in [7, 11) is 0. The maximum Gasteiger partial charge on any atom is 0.168 e. The van der Waals surface area contributed by atoms with Crippen LogP contribution in [0.2, 0.25) is 0 Å². The van der Waals surface area contributed by atoms with E-state index in [4.69, 9.17) is 19.8 Å². The summed E-state index contributed by atoms with van der Waals surface area (Å²) in [5, 5.41) is 5.90. The predicted octanol–water partition coefficient (Wildman–Crippen LogP) is 3.34. The first-order chi connectivity index (χ1) is 11.9. The van der Waals surface area contributed by atoms with Gasteiger partial charge in [-0.15, -0.1) is 16.4 Å². The standard InChI is InChI=1S/C18H25N5OS/c1-6-22(7-2)9-14-20-16-15-12-8-18(4,5)24-10-13(12)25-17(15)19-11(3)23(16)21-14/h6-10H2,1-5H3. The topological polar surface area (TPSA) is 55.6 Å². The molecule has 1 aliphatic heterocycles. The minimum Gasteiger partial charge on any atom is -0.370 e. The van der Waals surface area contributed by atoms with E-state index in [0.717, 1.165) is 48.2 Å². The molecule has 3 aromatic heterocycles. The molecule has 25 heavy (non-hydrogen) atoms. The van der Waals surface area contributed by atoms with Gasteiger partial charge in [-0.05, 0) is 39.4 Å². The number of aromatic nitrogens is 4. The lowest BCUT2D eigenvalue weighted by atomic mass is 9.94. The molecule has 0 spiro atoms. The van der Waals surface area contributed by atoms with Crippen LogP contribution in [0.4, 0.5) is 0 Å². The Morgan fingerprint density at radius 3 is 2.72 bits per heavy atom. The average Bonchev–Trinajstić information content (AvgIpc) is 3.12. The highest BCUT2D eigenvalue weighted by molar-refractivity contribution is 7.19. The summed E-state index contributed by atoms with van der Waals surface area (Å²) in [6.45, 7) is 14.1. The molecule has 0 aromatic carbocycles. The van der Waals surface area contributed by atoms with E-state index in [2.05, 4.69) is 32.6 Å². The molecule has 0 atom stereocenters. The molecular formula is C18H25N5OS. The van der Waals surface area contributed by atoms with Gasteiger partial charge < -0.3 is 4.74 Å². The average molecular weight is 359 g/mol. The van der Waals surface area contributed by atoms with E-state index < -0.39 is 0 Å². The van der Waals surface area contributed by atoms with Crippen LogP contribution in [0.1, 0.15) is 49.8 Å². The largest absolute Gasteiger partial charge is 0.370 e. The smallest absolute Gasteiger partial charge is 0.168 e. The van der Waals surface area contributed by atoms with Crippen molar-refractivity contribution in [2.75, 3.05) is 13.1 Å². The molecule has 6 nitrogen and oxygen atoms in total. The van der Waals surface area contributed by atoms with Crippen LogP contribution in [-0.2, 0) is 24.3 Å². The van der Waals surface area contributed by atoms with E-state index in [1.807, 2.05) is 11.4 Å². The molecule has 1 aliphatic rings. The summed E-state index contributed by atoms with van der Waals surface area (Å²) in [5.41, 5.74) is 2.14. The minimum absolute atomic E-state index is 0.146. The van der Waals surface area contributed by atoms with Crippen molar-refractivity contribution in [1.82, 2.24) is 24.5 Å². The van der Waals surface area contributed by atoms with Gasteiger partial charge in [0, 0.05) is 11.3 Å². The van der Waals surface area contributed by atoms with E-state index in [0.29, 0.717) is 6.61 Å². The molecular weight excluding hydrogens is 334 g/mol. The number of fused-ring (bicyclic) bond motifs is 5. The number of aryl methyl sites for hydroxylation is 1. The van der Waals surface area contributed by atoms with Crippen LogP contribution in [0.3, 0.4) is 0 Å². The van der Waals surface area contributed by atoms with Crippen molar-refractivity contribution in [3.05, 3.63) is 22.1 Å². The number of hydrogen-bond acceptors (Lipinski definition) is 6. The molecule has 0 aliphatic carbocycles. The Morgan fingerprint density at radius 1 is 1.24 bits per heavy atom. The van der Waals surface area contributed by atoms with Crippen LogP contribution in [0.15, 0.2) is 0 Å². The Bertz CT molecular complexity index is 938. The molecule has 0 saturated carbocycles. The number of nitrogens with zero attached hydrogens (tertiary/aromatic N) is 5. The summed E-state index contributed by atoms with van der Waals surface area (Å²) in [6.07, 6.45) is 0.890. The SMILES string of the molecule is CCN(CC)Cc1nc2c3c4c(sc3nc(C)n2n1)COC(C)(C)C4. The second-order valence-electron chi connectivity index (χ2n) is 7.29. The molecule has 0 fully saturated rings. The molecule has 0 N–H and O–H groups in total. The van der Waals surface area contributed by atoms with Gasteiger partial charge in [-0.25, -0.2) is 9.97 Å². The first-order valence-corrected chi connectivity index (χ1v) is 9.76. The molecule has 0 bridgehead atoms. The van der Waals surface area contributed by atoms with Gasteiger partial charge in [-0.2, -0.15) is 4.52 Å². The Labute approximate surface area is 151 Å². The summed E-state index contributed by atoms with van der Waals surface area (Å²) in [5.74, 6) is 1.76. The molecule has 4 rings (SSSR count). The zero-order valence-corrected chi connectivity index (χ0v) is 16.4. The minimum atomic E-state index is -0.146. The van der Waals surface area contributed by atoms with Crippen molar-refractivity contribution in [2.24, 2.45) is 0 Å². The molecule has 134 valence electrons. The van der Waals surface area contributed by atoms with Crippen molar-refractivity contribution in [1.29, 1.82) is 0 Å². The summed E-state index contributed by atoms with van der Waals surface area (Å²) in [4.78, 5) is 14.4. The lowest BCUT2D eigenvalue weighted by molar-refractivity contribution is -0.0379. The van der Waals surface area contributed by atoms with Gasteiger partial charge in [0.15, 0.2) is 11.5 Å². The van der Waals surface area contributed by atoms with Crippen molar-refractivity contribution in [3.63, 3.8) is 0 Å². The zero-order chi connectivity index (χ0) is 17.8. The molecule has 0 saturated heterocycles. The highest BCUT2D eigenvalue weighted by atomic mass is 32.1. The van der Waals surface area contributed by atoms with E-state index in [-0.39, 0.29) is 5.60 Å². The third kappa shape index (κ3) is 2.84. The fourth-order valence-corrected chi connectivity index (χ4v) is 4.64. The Hall–Kier alpha value is -1.57. The van der Waals surface area contributed by atoms with Crippen molar-refractivity contribution < 1.29 is 4.74 Å². The van der Waals surface area contributed by atoms with Crippen LogP contribution in [0.25, 0.3) is 15.9 Å². The maximum atomic E-state index is 5.98. The van der Waals surface area contributed by atoms with Gasteiger partial charge in [0.25, 0.3) is 0 Å². The van der Waals surface area contributed by atoms with Crippen molar-refractivity contribution in [3.8, 4) is 0 Å². The third-order valence-corrected chi connectivity index (χ3v) is 6.07. The first kappa shape index (κ1) is 16.9. The lowest BCUT2D eigenvalue weighted by Crippen LogP contribution is -2.31. The first-order valence-electron chi connectivity index (χ1n) is 8.94. The summed E-state index contributed by atoms with van der Waals surface area (Å²) in [6, 6.07) is 0. The van der Waals surface area contributed by atoms with Crippen LogP contribution < -0.4 is 0 Å². The molecule has 0 radical (unpaired) electrons. The van der Waals surface area contributed by atoms with E-state index >= 15 is 0 Å². The van der Waals surface area contributed by atoms with E-state index in [1.165, 1.54) is 15.8 Å². The Balaban J connectivity index is 1.90. The summed E-state index contributed by atoms with van der Waals surface area (Å²) >= 11 is 1.73. The Kier molecular flexibility index (Phi) is 4.05. The quantitative estimate of drug-likeness (QED) is 0.715. The van der Waals surface area contributed by atoms with Gasteiger partial charge in [-0.1, -0.05) is 13.8 Å². The number of thiophene rings is 1. The molecule has 0 amide bonds. The second kappa shape index (κ2) is 6.00. The fourth-order valence-electron chi connectivity index (χ4n) is 3.50. The van der Waals surface area contributed by atoms with Crippen LogP contribution in [0.5, 0.6) is 0 Å². The Morgan fingerprint density at radius 2 is 2.00 bits per heavy atom. The van der Waals surface area contributed by atoms with E-state index in [1.54, 1.807) is 11.3 Å². The predicted molar refractivity (Wildman–Crippen MR) is 100 cm³/mol. The summed E-state index contributed by atoms with van der Waals surface area (Å²) < 4.78 is 7.90. The van der Waals surface area contributed by atoms with Crippen LogP contribution in [0, 0.1) is 6.92 Å². The van der Waals surface area contributed by atoms with Crippen molar-refractivity contribution in [2.45, 2.75) is 59.8 Å². The third-order valence-electron chi connectivity index (χ3n) is 4.97. The maximum absolute atomic E-state index is 5.98. The van der Waals surface area contributed by atoms with Gasteiger partial charge in [0.1, 0.15) is 10.7 Å². The van der Waals surface area contributed by atoms with Crippen LogP contribution in [-0.4, -0.2) is 43.2 Å². The van der Waals surface area contributed by atoms with E-state index in [9.17, 15) is 0 Å². The molecule has 0 unspecified atom stereocenters. The van der Waals surface area contributed by atoms with Crippen LogP contribution >= 0.6 is 11.3 Å². The van der Waals surface area contributed by atoms with Gasteiger partial charge in [0.05, 0.1) is 24.1 Å². The van der Waals surface area contributed by atoms with Gasteiger partial charge in [-0.3, -0.25) is 4.90 Å². The van der Waals surface area contributed by atoms with Crippen molar-refractivity contribution >= 4 is 27.2 Å². The fraction of sp³-hybridized carbons (Fsp3) is 0.611. The zero-order valence-electron chi connectivity index (χ0n) is 15.6. The second-order valence-corrected chi connectivity index (χ2v) is 8.38. The molecule has 4 heterocycles. The van der Waals surface area contributed by atoms with Gasteiger partial charge >= 0.3 is 0 Å².